The lowest BCUT2D eigenvalue weighted by molar-refractivity contribution is -0.384. The summed E-state index contributed by atoms with van der Waals surface area (Å²) >= 11 is 0. The van der Waals surface area contributed by atoms with Crippen molar-refractivity contribution in [2.24, 2.45) is 5.92 Å². The van der Waals surface area contributed by atoms with Crippen LogP contribution in [0.4, 0.5) is 17.1 Å². The summed E-state index contributed by atoms with van der Waals surface area (Å²) < 4.78 is 0. The number of aromatic nitrogens is 1. The molecule has 1 amide bonds. The zero-order chi connectivity index (χ0) is 22.8. The topological polar surface area (TPSA) is 91.6 Å². The average molecular weight is 444 g/mol. The Labute approximate surface area is 192 Å². The first-order valence-electron chi connectivity index (χ1n) is 11.1. The summed E-state index contributed by atoms with van der Waals surface area (Å²) in [6.07, 6.45) is 3.89. The fraction of sp³-hybridized carbons (Fsp3) is 0.280. The summed E-state index contributed by atoms with van der Waals surface area (Å²) in [6, 6.07) is 19.0. The number of nitrogens with zero attached hydrogens (tertiary/aromatic N) is 4. The molecule has 8 heteroatoms. The number of anilines is 2. The molecule has 5 rings (SSSR count). The van der Waals surface area contributed by atoms with E-state index in [-0.39, 0.29) is 28.5 Å². The lowest BCUT2D eigenvalue weighted by Crippen LogP contribution is -2.61. The SMILES string of the molecule is O=C(NCc1ccncc1)C1Cc2cc([N+](=O)[O-])ccc2N2CCN(c3ccccc3)CC12. The summed E-state index contributed by atoms with van der Waals surface area (Å²) in [7, 11) is 0. The van der Waals surface area contributed by atoms with Gasteiger partial charge in [-0.2, -0.15) is 0 Å². The van der Waals surface area contributed by atoms with Crippen molar-refractivity contribution in [1.82, 2.24) is 10.3 Å². The molecule has 0 radical (unpaired) electrons. The molecule has 1 N–H and O–H groups in total. The smallest absolute Gasteiger partial charge is 0.269 e. The first-order valence-corrected chi connectivity index (χ1v) is 11.1. The normalized spacial score (nSPS) is 19.4. The molecule has 2 unspecified atom stereocenters. The number of nitro groups is 1. The first kappa shape index (κ1) is 20.9. The van der Waals surface area contributed by atoms with Crippen LogP contribution in [-0.4, -0.2) is 41.5 Å². The summed E-state index contributed by atoms with van der Waals surface area (Å²) in [5.74, 6) is -0.346. The third-order valence-electron chi connectivity index (χ3n) is 6.58. The van der Waals surface area contributed by atoms with Crippen molar-refractivity contribution in [3.05, 3.63) is 94.3 Å². The van der Waals surface area contributed by atoms with Gasteiger partial charge in [-0.1, -0.05) is 18.2 Å². The summed E-state index contributed by atoms with van der Waals surface area (Å²) in [5, 5.41) is 14.4. The van der Waals surface area contributed by atoms with Crippen LogP contribution in [0, 0.1) is 16.0 Å². The van der Waals surface area contributed by atoms with Crippen LogP contribution >= 0.6 is 0 Å². The van der Waals surface area contributed by atoms with Crippen LogP contribution in [0.1, 0.15) is 11.1 Å². The summed E-state index contributed by atoms with van der Waals surface area (Å²) in [6.45, 7) is 2.71. The molecule has 3 aromatic rings. The number of carbonyl (C=O) groups is 1. The van der Waals surface area contributed by atoms with Crippen molar-refractivity contribution in [3.8, 4) is 0 Å². The van der Waals surface area contributed by atoms with Crippen LogP contribution in [0.3, 0.4) is 0 Å². The third kappa shape index (κ3) is 4.24. The minimum Gasteiger partial charge on any atom is -0.368 e. The first-order chi connectivity index (χ1) is 16.1. The van der Waals surface area contributed by atoms with Gasteiger partial charge >= 0.3 is 0 Å². The molecule has 1 saturated heterocycles. The number of rotatable bonds is 5. The number of nitrogens with one attached hydrogen (secondary N) is 1. The zero-order valence-corrected chi connectivity index (χ0v) is 18.1. The predicted molar refractivity (Wildman–Crippen MR) is 126 cm³/mol. The van der Waals surface area contributed by atoms with Gasteiger partial charge in [0, 0.05) is 62.1 Å². The number of para-hydroxylation sites is 1. The van der Waals surface area contributed by atoms with Gasteiger partial charge in [-0.05, 0) is 47.9 Å². The van der Waals surface area contributed by atoms with Crippen LogP contribution in [0.5, 0.6) is 0 Å². The van der Waals surface area contributed by atoms with Crippen molar-refractivity contribution >= 4 is 23.0 Å². The van der Waals surface area contributed by atoms with Crippen molar-refractivity contribution in [2.45, 2.75) is 19.0 Å². The van der Waals surface area contributed by atoms with E-state index in [1.54, 1.807) is 24.5 Å². The molecule has 168 valence electrons. The van der Waals surface area contributed by atoms with Crippen molar-refractivity contribution < 1.29 is 9.72 Å². The fourth-order valence-corrected chi connectivity index (χ4v) is 4.92. The molecule has 33 heavy (non-hydrogen) atoms. The maximum atomic E-state index is 13.4. The number of piperazine rings is 1. The van der Waals surface area contributed by atoms with E-state index >= 15 is 0 Å². The predicted octanol–water partition coefficient (Wildman–Crippen LogP) is 3.17. The van der Waals surface area contributed by atoms with Crippen molar-refractivity contribution in [1.29, 1.82) is 0 Å². The van der Waals surface area contributed by atoms with Gasteiger partial charge < -0.3 is 15.1 Å². The Morgan fingerprint density at radius 1 is 1.09 bits per heavy atom. The zero-order valence-electron chi connectivity index (χ0n) is 18.1. The number of hydrogen-bond acceptors (Lipinski definition) is 6. The van der Waals surface area contributed by atoms with Gasteiger partial charge in [-0.25, -0.2) is 0 Å². The Bertz CT molecular complexity index is 1160. The second kappa shape index (κ2) is 8.90. The van der Waals surface area contributed by atoms with Crippen molar-refractivity contribution in [3.63, 3.8) is 0 Å². The highest BCUT2D eigenvalue weighted by Gasteiger charge is 2.42. The molecule has 2 aliphatic heterocycles. The molecule has 0 spiro atoms. The minimum absolute atomic E-state index is 0.0228. The largest absolute Gasteiger partial charge is 0.368 e. The van der Waals surface area contributed by atoms with Gasteiger partial charge in [0.15, 0.2) is 0 Å². The Balaban J connectivity index is 1.43. The molecule has 8 nitrogen and oxygen atoms in total. The summed E-state index contributed by atoms with van der Waals surface area (Å²) in [5.41, 5.74) is 4.04. The van der Waals surface area contributed by atoms with Gasteiger partial charge in [-0.3, -0.25) is 19.9 Å². The van der Waals surface area contributed by atoms with Crippen LogP contribution in [-0.2, 0) is 17.8 Å². The lowest BCUT2D eigenvalue weighted by Gasteiger charge is -2.49. The van der Waals surface area contributed by atoms with Crippen LogP contribution in [0.15, 0.2) is 73.1 Å². The van der Waals surface area contributed by atoms with Crippen LogP contribution in [0.2, 0.25) is 0 Å². The summed E-state index contributed by atoms with van der Waals surface area (Å²) in [4.78, 5) is 33.0. The number of amides is 1. The van der Waals surface area contributed by atoms with Gasteiger partial charge in [0.25, 0.3) is 5.69 Å². The van der Waals surface area contributed by atoms with E-state index in [2.05, 4.69) is 32.2 Å². The van der Waals surface area contributed by atoms with E-state index in [4.69, 9.17) is 0 Å². The standard InChI is InChI=1S/C25H25N5O3/c31-25(27-16-18-8-10-26-11-9-18)22-15-19-14-21(30(32)33)6-7-23(19)29-13-12-28(17-24(22)29)20-4-2-1-3-5-20/h1-11,14,22,24H,12-13,15-17H2,(H,27,31). The van der Waals surface area contributed by atoms with Gasteiger partial charge in [-0.15, -0.1) is 0 Å². The Morgan fingerprint density at radius 2 is 1.88 bits per heavy atom. The van der Waals surface area contributed by atoms with E-state index < -0.39 is 0 Å². The Hall–Kier alpha value is -3.94. The monoisotopic (exact) mass is 443 g/mol. The second-order valence-corrected chi connectivity index (χ2v) is 8.50. The molecular weight excluding hydrogens is 418 g/mol. The minimum atomic E-state index is -0.377. The number of benzene rings is 2. The number of non-ortho nitro benzene ring substituents is 1. The van der Waals surface area contributed by atoms with Crippen molar-refractivity contribution in [2.75, 3.05) is 29.4 Å². The molecular formula is C25H25N5O3. The van der Waals surface area contributed by atoms with E-state index in [9.17, 15) is 14.9 Å². The number of hydrogen-bond donors (Lipinski definition) is 1. The number of fused-ring (bicyclic) bond motifs is 3. The molecule has 2 aromatic carbocycles. The Morgan fingerprint density at radius 3 is 2.64 bits per heavy atom. The quantitative estimate of drug-likeness (QED) is 0.481. The van der Waals surface area contributed by atoms with Gasteiger partial charge in [0.1, 0.15) is 0 Å². The fourth-order valence-electron chi connectivity index (χ4n) is 4.92. The highest BCUT2D eigenvalue weighted by Crippen LogP contribution is 2.38. The molecule has 1 aromatic heterocycles. The molecule has 2 atom stereocenters. The molecule has 0 aliphatic carbocycles. The Kier molecular flexibility index (Phi) is 5.64. The van der Waals surface area contributed by atoms with E-state index in [1.165, 1.54) is 0 Å². The van der Waals surface area contributed by atoms with Crippen LogP contribution < -0.4 is 15.1 Å². The maximum Gasteiger partial charge on any atom is 0.269 e. The highest BCUT2D eigenvalue weighted by atomic mass is 16.6. The third-order valence-corrected chi connectivity index (χ3v) is 6.58. The molecule has 2 aliphatic rings. The second-order valence-electron chi connectivity index (χ2n) is 8.50. The number of carbonyl (C=O) groups excluding carboxylic acids is 1. The van der Waals surface area contributed by atoms with E-state index in [0.717, 1.165) is 35.6 Å². The highest BCUT2D eigenvalue weighted by molar-refractivity contribution is 5.82. The lowest BCUT2D eigenvalue weighted by atomic mass is 9.83. The number of nitro benzene ring substituents is 1. The molecule has 1 fully saturated rings. The molecule has 0 bridgehead atoms. The van der Waals surface area contributed by atoms with E-state index in [1.807, 2.05) is 36.4 Å². The molecule has 3 heterocycles. The van der Waals surface area contributed by atoms with E-state index in [0.29, 0.717) is 19.5 Å². The van der Waals surface area contributed by atoms with Crippen LogP contribution in [0.25, 0.3) is 0 Å². The van der Waals surface area contributed by atoms with Gasteiger partial charge in [0.05, 0.1) is 16.9 Å². The molecule has 0 saturated carbocycles. The van der Waals surface area contributed by atoms with Gasteiger partial charge in [0.2, 0.25) is 5.91 Å². The average Bonchev–Trinajstić information content (AvgIpc) is 2.87. The number of pyridine rings is 1. The maximum absolute atomic E-state index is 13.4.